The highest BCUT2D eigenvalue weighted by Gasteiger charge is 2.15. The van der Waals surface area contributed by atoms with Gasteiger partial charge in [-0.3, -0.25) is 0 Å². The number of aryl methyl sites for hydroxylation is 1. The van der Waals surface area contributed by atoms with Crippen LogP contribution in [-0.2, 0) is 24.6 Å². The zero-order valence-corrected chi connectivity index (χ0v) is 27.0. The molecule has 4 nitrogen and oxygen atoms in total. The predicted molar refractivity (Wildman–Crippen MR) is 174 cm³/mol. The van der Waals surface area contributed by atoms with Crippen molar-refractivity contribution >= 4 is 29.7 Å². The molecule has 0 aliphatic rings. The number of rotatable bonds is 24. The average Bonchev–Trinajstić information content (AvgIpc) is 2.81. The van der Waals surface area contributed by atoms with E-state index in [0.717, 1.165) is 18.6 Å². The fraction of sp³-hybridized carbons (Fsp3) is 0.800. The van der Waals surface area contributed by atoms with Crippen molar-refractivity contribution in [3.63, 3.8) is 0 Å². The monoisotopic (exact) mass is 576 g/mol. The number of unbranched alkanes of at least 4 members (excludes halogenated alkanes) is 18. The zero-order valence-electron chi connectivity index (χ0n) is 24.4. The van der Waals surface area contributed by atoms with E-state index in [-0.39, 0.29) is 12.3 Å². The third-order valence-corrected chi connectivity index (χ3v) is 7.93. The third kappa shape index (κ3) is 22.4. The second-order valence-electron chi connectivity index (χ2n) is 10.3. The molecule has 0 aliphatic heterocycles. The lowest BCUT2D eigenvalue weighted by Crippen LogP contribution is -2.00. The van der Waals surface area contributed by atoms with E-state index in [1.807, 2.05) is 12.1 Å². The van der Waals surface area contributed by atoms with Crippen LogP contribution in [-0.4, -0.2) is 4.89 Å². The van der Waals surface area contributed by atoms with Gasteiger partial charge in [0.15, 0.2) is 0 Å². The standard InChI is InChI=1S/C30H55O2PS2.2H3N/c1-3-5-7-9-11-13-15-17-19-21-24-28-25-23-27-30(32-33(31,34)35)29(28)26-22-20-18-16-14-12-10-8-6-4-2;;/h23,25,27H,3-22,24,26H2,1-2H3,(H2,31,34,35);2*1H3. The van der Waals surface area contributed by atoms with Gasteiger partial charge in [-0.1, -0.05) is 154 Å². The predicted octanol–water partition coefficient (Wildman–Crippen LogP) is 11.5. The van der Waals surface area contributed by atoms with Crippen molar-refractivity contribution in [3.8, 4) is 5.75 Å². The van der Waals surface area contributed by atoms with Gasteiger partial charge < -0.3 is 21.7 Å². The molecule has 0 fully saturated rings. The first kappa shape index (κ1) is 39.0. The zero-order chi connectivity index (χ0) is 25.6. The molecule has 0 aromatic heterocycles. The van der Waals surface area contributed by atoms with E-state index in [0.29, 0.717) is 0 Å². The molecule has 7 N–H and O–H groups in total. The van der Waals surface area contributed by atoms with Crippen LogP contribution in [0.2, 0.25) is 0 Å². The first-order valence-corrected chi connectivity index (χ1v) is 18.7. The largest absolute Gasteiger partial charge is 0.436 e. The van der Waals surface area contributed by atoms with Gasteiger partial charge in [-0.25, -0.2) is 0 Å². The SMILES string of the molecule is CCCCCCCCCCCCc1cccc(OP(O)(=S)S)c1CCCCCCCCCCCC.N.N. The van der Waals surface area contributed by atoms with Crippen LogP contribution in [0.1, 0.15) is 153 Å². The Balaban J connectivity index is 0. The Labute approximate surface area is 241 Å². The minimum Gasteiger partial charge on any atom is -0.436 e. The number of benzene rings is 1. The molecule has 0 amide bonds. The fourth-order valence-corrected chi connectivity index (χ4v) is 5.87. The van der Waals surface area contributed by atoms with Gasteiger partial charge in [0, 0.05) is 0 Å². The van der Waals surface area contributed by atoms with Crippen molar-refractivity contribution in [1.82, 2.24) is 12.3 Å². The Morgan fingerprint density at radius 1 is 0.649 bits per heavy atom. The van der Waals surface area contributed by atoms with Crippen LogP contribution >= 0.6 is 17.9 Å². The Kier molecular flexibility index (Phi) is 27.6. The second kappa shape index (κ2) is 26.1. The summed E-state index contributed by atoms with van der Waals surface area (Å²) in [7, 11) is 0. The Hall–Kier alpha value is -0.100. The molecular formula is C30H61N2O2PS2. The first-order valence-electron chi connectivity index (χ1n) is 14.8. The molecule has 0 radical (unpaired) electrons. The van der Waals surface area contributed by atoms with Gasteiger partial charge in [0.25, 0.3) is 5.69 Å². The summed E-state index contributed by atoms with van der Waals surface area (Å²) >= 11 is 9.21. The highest BCUT2D eigenvalue weighted by Crippen LogP contribution is 2.48. The Bertz CT molecular complexity index is 686. The topological polar surface area (TPSA) is 99.5 Å². The maximum absolute atomic E-state index is 10.1. The first-order chi connectivity index (χ1) is 17.0. The lowest BCUT2D eigenvalue weighted by Gasteiger charge is -2.18. The summed E-state index contributed by atoms with van der Waals surface area (Å²) in [6.45, 7) is 4.56. The number of hydrogen-bond acceptors (Lipinski definition) is 4. The molecule has 0 heterocycles. The molecule has 1 aromatic rings. The summed E-state index contributed by atoms with van der Waals surface area (Å²) < 4.78 is 5.76. The number of hydrogen-bond donors (Lipinski definition) is 4. The highest BCUT2D eigenvalue weighted by atomic mass is 32.9. The molecule has 220 valence electrons. The van der Waals surface area contributed by atoms with E-state index >= 15 is 0 Å². The van der Waals surface area contributed by atoms with Crippen molar-refractivity contribution in [1.29, 1.82) is 0 Å². The van der Waals surface area contributed by atoms with Crippen LogP contribution < -0.4 is 16.8 Å². The van der Waals surface area contributed by atoms with Crippen LogP contribution in [0.4, 0.5) is 0 Å². The van der Waals surface area contributed by atoms with Gasteiger partial charge in [-0.2, -0.15) is 0 Å². The molecule has 0 saturated heterocycles. The van der Waals surface area contributed by atoms with Crippen molar-refractivity contribution in [2.75, 3.05) is 0 Å². The van der Waals surface area contributed by atoms with Crippen LogP contribution in [0.15, 0.2) is 18.2 Å². The molecule has 1 rings (SSSR count). The summed E-state index contributed by atoms with van der Waals surface area (Å²) in [5.41, 5.74) is -0.407. The molecular weight excluding hydrogens is 515 g/mol. The van der Waals surface area contributed by atoms with Crippen molar-refractivity contribution in [2.24, 2.45) is 0 Å². The quantitative estimate of drug-likeness (QED) is 0.0557. The molecule has 0 saturated carbocycles. The van der Waals surface area contributed by atoms with E-state index in [2.05, 4.69) is 32.2 Å². The van der Waals surface area contributed by atoms with Crippen LogP contribution in [0.25, 0.3) is 0 Å². The van der Waals surface area contributed by atoms with Gasteiger partial charge in [-0.05, 0) is 54.7 Å². The molecule has 1 unspecified atom stereocenters. The summed E-state index contributed by atoms with van der Waals surface area (Å²) in [4.78, 5) is 10.1. The number of thiol groups is 1. The van der Waals surface area contributed by atoms with Gasteiger partial charge in [0.2, 0.25) is 0 Å². The molecule has 37 heavy (non-hydrogen) atoms. The van der Waals surface area contributed by atoms with E-state index in [4.69, 9.17) is 16.3 Å². The molecule has 0 spiro atoms. The van der Waals surface area contributed by atoms with E-state index in [1.165, 1.54) is 140 Å². The summed E-state index contributed by atoms with van der Waals surface area (Å²) in [6, 6.07) is 6.24. The summed E-state index contributed by atoms with van der Waals surface area (Å²) in [6.07, 6.45) is 29.0. The molecule has 1 atom stereocenters. The van der Waals surface area contributed by atoms with Crippen LogP contribution in [0.5, 0.6) is 5.75 Å². The Morgan fingerprint density at radius 2 is 1.03 bits per heavy atom. The lowest BCUT2D eigenvalue weighted by atomic mass is 9.95. The van der Waals surface area contributed by atoms with Crippen molar-refractivity contribution < 1.29 is 9.42 Å². The third-order valence-electron chi connectivity index (χ3n) is 7.03. The molecule has 0 aliphatic carbocycles. The van der Waals surface area contributed by atoms with Crippen molar-refractivity contribution in [3.05, 3.63) is 29.3 Å². The summed E-state index contributed by atoms with van der Waals surface area (Å²) in [5, 5.41) is 0. The molecule has 0 bridgehead atoms. The smallest absolute Gasteiger partial charge is 0.291 e. The normalized spacial score (nSPS) is 12.4. The maximum Gasteiger partial charge on any atom is 0.291 e. The van der Waals surface area contributed by atoms with Crippen LogP contribution in [0.3, 0.4) is 0 Å². The molecule has 1 aromatic carbocycles. The minimum absolute atomic E-state index is 0. The van der Waals surface area contributed by atoms with Gasteiger partial charge in [0.05, 0.1) is 0 Å². The van der Waals surface area contributed by atoms with E-state index in [9.17, 15) is 4.89 Å². The Morgan fingerprint density at radius 3 is 1.43 bits per heavy atom. The van der Waals surface area contributed by atoms with Crippen LogP contribution in [0, 0.1) is 0 Å². The van der Waals surface area contributed by atoms with E-state index < -0.39 is 5.69 Å². The highest BCUT2D eigenvalue weighted by molar-refractivity contribution is 8.59. The van der Waals surface area contributed by atoms with Gasteiger partial charge in [0.1, 0.15) is 5.75 Å². The average molecular weight is 577 g/mol. The van der Waals surface area contributed by atoms with E-state index in [1.54, 1.807) is 0 Å². The maximum atomic E-state index is 10.1. The fourth-order valence-electron chi connectivity index (χ4n) is 4.93. The second-order valence-corrected chi connectivity index (χ2v) is 15.4. The summed E-state index contributed by atoms with van der Waals surface area (Å²) in [5.74, 6) is 0.756. The van der Waals surface area contributed by atoms with Crippen molar-refractivity contribution in [2.45, 2.75) is 155 Å². The van der Waals surface area contributed by atoms with Gasteiger partial charge >= 0.3 is 0 Å². The van der Waals surface area contributed by atoms with Gasteiger partial charge in [-0.15, -0.1) is 0 Å². The molecule has 7 heteroatoms. The minimum atomic E-state index is -3.03. The lowest BCUT2D eigenvalue weighted by molar-refractivity contribution is 0.497.